The summed E-state index contributed by atoms with van der Waals surface area (Å²) in [6.07, 6.45) is 4.82. The Kier molecular flexibility index (Phi) is 1.89. The van der Waals surface area contributed by atoms with Gasteiger partial charge in [0.05, 0.1) is 6.04 Å². The number of rotatable bonds is 1. The molecule has 0 aromatic rings. The molecule has 4 heteroatoms. The van der Waals surface area contributed by atoms with Crippen molar-refractivity contribution >= 4 is 29.0 Å². The van der Waals surface area contributed by atoms with E-state index in [2.05, 4.69) is 21.4 Å². The van der Waals surface area contributed by atoms with E-state index >= 15 is 0 Å². The molecule has 0 amide bonds. The minimum atomic E-state index is 0.553. The lowest BCUT2D eigenvalue weighted by atomic mass is 10.1. The van der Waals surface area contributed by atoms with E-state index in [1.807, 2.05) is 11.8 Å². The highest BCUT2D eigenvalue weighted by molar-refractivity contribution is 8.03. The number of thioether (sulfide) groups is 1. The normalized spacial score (nSPS) is 38.2. The molecule has 0 spiro atoms. The zero-order valence-corrected chi connectivity index (χ0v) is 8.98. The largest absolute Gasteiger partial charge is 0.326 e. The molecule has 2 nitrogen and oxygen atoms in total. The molecule has 3 rings (SSSR count). The van der Waals surface area contributed by atoms with Gasteiger partial charge in [-0.2, -0.15) is 0 Å². The molecule has 0 aromatic carbocycles. The van der Waals surface area contributed by atoms with Crippen LogP contribution in [0.4, 0.5) is 0 Å². The monoisotopic (exact) mass is 212 g/mol. The van der Waals surface area contributed by atoms with Crippen molar-refractivity contribution in [2.75, 3.05) is 13.1 Å². The van der Waals surface area contributed by atoms with Gasteiger partial charge in [-0.1, -0.05) is 12.2 Å². The maximum absolute atomic E-state index is 5.40. The molecule has 3 aliphatic rings. The predicted octanol–water partition coefficient (Wildman–Crippen LogP) is 1.64. The average molecular weight is 212 g/mol. The first-order chi connectivity index (χ1) is 6.38. The second kappa shape index (κ2) is 2.97. The third kappa shape index (κ3) is 1.09. The van der Waals surface area contributed by atoms with Crippen molar-refractivity contribution in [3.05, 3.63) is 11.6 Å². The third-order valence-electron chi connectivity index (χ3n) is 3.03. The lowest BCUT2D eigenvalue weighted by Gasteiger charge is -2.48. The molecular formula is C9H12N2S2. The minimum absolute atomic E-state index is 0.553. The van der Waals surface area contributed by atoms with Crippen LogP contribution in [0.3, 0.4) is 0 Å². The SMILES string of the molecule is S=C1C(N2CCCC2)[C@@H]2SC=CN12. The second-order valence-electron chi connectivity index (χ2n) is 3.75. The number of nitrogens with zero attached hydrogens (tertiary/aromatic N) is 2. The van der Waals surface area contributed by atoms with E-state index in [1.54, 1.807) is 0 Å². The number of fused-ring (bicyclic) bond motifs is 1. The topological polar surface area (TPSA) is 6.48 Å². The molecule has 2 fully saturated rings. The zero-order valence-electron chi connectivity index (χ0n) is 7.35. The van der Waals surface area contributed by atoms with E-state index in [1.165, 1.54) is 25.9 Å². The summed E-state index contributed by atoms with van der Waals surface area (Å²) in [5.74, 6) is 0. The van der Waals surface area contributed by atoms with Gasteiger partial charge in [0.1, 0.15) is 10.4 Å². The highest BCUT2D eigenvalue weighted by Gasteiger charge is 2.48. The number of hydrogen-bond donors (Lipinski definition) is 0. The standard InChI is InChI=1S/C9H12N2S2/c12-8-7(10-3-1-2-4-10)9-11(8)5-6-13-9/h5-7,9H,1-4H2/t7?,9-/m0/s1. The molecule has 3 heterocycles. The third-order valence-corrected chi connectivity index (χ3v) is 4.52. The van der Waals surface area contributed by atoms with Gasteiger partial charge in [-0.15, -0.1) is 11.8 Å². The first-order valence-electron chi connectivity index (χ1n) is 4.76. The molecule has 0 aliphatic carbocycles. The maximum atomic E-state index is 5.40. The summed E-state index contributed by atoms with van der Waals surface area (Å²) < 4.78 is 0. The summed E-state index contributed by atoms with van der Waals surface area (Å²) in [4.78, 5) is 5.90. The average Bonchev–Trinajstić information content (AvgIpc) is 2.73. The van der Waals surface area contributed by atoms with Crippen molar-refractivity contribution in [3.8, 4) is 0 Å². The van der Waals surface area contributed by atoms with Crippen LogP contribution in [0.2, 0.25) is 0 Å². The van der Waals surface area contributed by atoms with Crippen molar-refractivity contribution in [1.29, 1.82) is 0 Å². The molecule has 2 saturated heterocycles. The lowest BCUT2D eigenvalue weighted by Crippen LogP contribution is -2.64. The fourth-order valence-electron chi connectivity index (χ4n) is 2.31. The van der Waals surface area contributed by atoms with Gasteiger partial charge in [0.15, 0.2) is 0 Å². The molecule has 0 N–H and O–H groups in total. The Labute approximate surface area is 88.0 Å². The highest BCUT2D eigenvalue weighted by Crippen LogP contribution is 2.40. The Hall–Kier alpha value is -0.0600. The van der Waals surface area contributed by atoms with Crippen LogP contribution in [-0.2, 0) is 0 Å². The number of likely N-dealkylation sites (tertiary alicyclic amines) is 1. The molecular weight excluding hydrogens is 200 g/mol. The van der Waals surface area contributed by atoms with E-state index in [9.17, 15) is 0 Å². The van der Waals surface area contributed by atoms with Gasteiger partial charge in [-0.3, -0.25) is 4.90 Å². The fourth-order valence-corrected chi connectivity index (χ4v) is 4.04. The van der Waals surface area contributed by atoms with Crippen molar-refractivity contribution in [2.45, 2.75) is 24.3 Å². The molecule has 0 aromatic heterocycles. The summed E-state index contributed by atoms with van der Waals surface area (Å²) in [6, 6.07) is 0.553. The van der Waals surface area contributed by atoms with Crippen LogP contribution in [0.5, 0.6) is 0 Å². The Morgan fingerprint density at radius 3 is 2.92 bits per heavy atom. The van der Waals surface area contributed by atoms with Gasteiger partial charge in [-0.25, -0.2) is 0 Å². The van der Waals surface area contributed by atoms with E-state index in [0.717, 1.165) is 4.99 Å². The van der Waals surface area contributed by atoms with Gasteiger partial charge in [0.2, 0.25) is 0 Å². The highest BCUT2D eigenvalue weighted by atomic mass is 32.2. The quantitative estimate of drug-likeness (QED) is 0.609. The van der Waals surface area contributed by atoms with Crippen LogP contribution in [0.1, 0.15) is 12.8 Å². The second-order valence-corrected chi connectivity index (χ2v) is 5.19. The summed E-state index contributed by atoms with van der Waals surface area (Å²) in [6.45, 7) is 2.49. The number of thiocarbonyl (C=S) groups is 1. The molecule has 3 aliphatic heterocycles. The van der Waals surface area contributed by atoms with Crippen molar-refractivity contribution in [3.63, 3.8) is 0 Å². The van der Waals surface area contributed by atoms with Crippen LogP contribution in [0, 0.1) is 0 Å². The lowest BCUT2D eigenvalue weighted by molar-refractivity contribution is 0.203. The van der Waals surface area contributed by atoms with Crippen LogP contribution in [-0.4, -0.2) is 39.3 Å². The van der Waals surface area contributed by atoms with E-state index in [0.29, 0.717) is 11.4 Å². The molecule has 1 unspecified atom stereocenters. The molecule has 0 saturated carbocycles. The zero-order chi connectivity index (χ0) is 8.84. The molecule has 0 bridgehead atoms. The van der Waals surface area contributed by atoms with Crippen LogP contribution in [0.15, 0.2) is 11.6 Å². The fraction of sp³-hybridized carbons (Fsp3) is 0.667. The Morgan fingerprint density at radius 1 is 1.38 bits per heavy atom. The molecule has 0 radical (unpaired) electrons. The molecule has 70 valence electrons. The first kappa shape index (κ1) is 8.26. The first-order valence-corrected chi connectivity index (χ1v) is 6.11. The van der Waals surface area contributed by atoms with Crippen LogP contribution >= 0.6 is 24.0 Å². The Bertz CT molecular complexity index is 269. The molecule has 13 heavy (non-hydrogen) atoms. The van der Waals surface area contributed by atoms with Crippen molar-refractivity contribution in [1.82, 2.24) is 9.80 Å². The Morgan fingerprint density at radius 2 is 2.15 bits per heavy atom. The predicted molar refractivity (Wildman–Crippen MR) is 59.6 cm³/mol. The summed E-state index contributed by atoms with van der Waals surface area (Å²) in [7, 11) is 0. The Balaban J connectivity index is 1.75. The van der Waals surface area contributed by atoms with Gasteiger partial charge < -0.3 is 4.90 Å². The van der Waals surface area contributed by atoms with Crippen LogP contribution < -0.4 is 0 Å². The summed E-state index contributed by atoms with van der Waals surface area (Å²) in [5.41, 5.74) is 0. The summed E-state index contributed by atoms with van der Waals surface area (Å²) in [5, 5.41) is 2.76. The molecule has 2 atom stereocenters. The minimum Gasteiger partial charge on any atom is -0.326 e. The van der Waals surface area contributed by atoms with Crippen molar-refractivity contribution in [2.24, 2.45) is 0 Å². The van der Waals surface area contributed by atoms with Gasteiger partial charge in [0.25, 0.3) is 0 Å². The summed E-state index contributed by atoms with van der Waals surface area (Å²) >= 11 is 7.31. The maximum Gasteiger partial charge on any atom is 0.106 e. The van der Waals surface area contributed by atoms with E-state index in [-0.39, 0.29) is 0 Å². The van der Waals surface area contributed by atoms with E-state index in [4.69, 9.17) is 12.2 Å². The van der Waals surface area contributed by atoms with Gasteiger partial charge in [0, 0.05) is 6.20 Å². The van der Waals surface area contributed by atoms with Gasteiger partial charge >= 0.3 is 0 Å². The smallest absolute Gasteiger partial charge is 0.106 e. The van der Waals surface area contributed by atoms with Crippen LogP contribution in [0.25, 0.3) is 0 Å². The van der Waals surface area contributed by atoms with Gasteiger partial charge in [-0.05, 0) is 31.3 Å². The number of hydrogen-bond acceptors (Lipinski definition) is 3. The van der Waals surface area contributed by atoms with Crippen molar-refractivity contribution < 1.29 is 0 Å². The van der Waals surface area contributed by atoms with E-state index < -0.39 is 0 Å².